The Bertz CT molecular complexity index is 368. The number of benzene rings is 1. The predicted octanol–water partition coefficient (Wildman–Crippen LogP) is 2.35. The van der Waals surface area contributed by atoms with Gasteiger partial charge in [-0.3, -0.25) is 0 Å². The standard InChI is InChI=1S/C11H17N3OS/c1-3-10(11(12)14-15)13-8-5-4-6-9(7-8)16-2/h4-7,10,13,15H,3H2,1-2H3,(H2,12,14). The molecule has 0 amide bonds. The summed E-state index contributed by atoms with van der Waals surface area (Å²) in [7, 11) is 0. The third-order valence-electron chi connectivity index (χ3n) is 2.29. The molecule has 0 radical (unpaired) electrons. The quantitative estimate of drug-likeness (QED) is 0.242. The lowest BCUT2D eigenvalue weighted by molar-refractivity contribution is 0.316. The molecule has 16 heavy (non-hydrogen) atoms. The van der Waals surface area contributed by atoms with E-state index in [1.807, 2.05) is 37.4 Å². The van der Waals surface area contributed by atoms with E-state index in [9.17, 15) is 0 Å². The smallest absolute Gasteiger partial charge is 0.161 e. The van der Waals surface area contributed by atoms with Crippen molar-refractivity contribution in [1.29, 1.82) is 0 Å². The first-order chi connectivity index (χ1) is 7.71. The molecule has 0 saturated heterocycles. The maximum absolute atomic E-state index is 8.63. The van der Waals surface area contributed by atoms with Crippen molar-refractivity contribution in [1.82, 2.24) is 0 Å². The van der Waals surface area contributed by atoms with Gasteiger partial charge < -0.3 is 16.3 Å². The fraction of sp³-hybridized carbons (Fsp3) is 0.364. The fourth-order valence-electron chi connectivity index (χ4n) is 1.37. The highest BCUT2D eigenvalue weighted by atomic mass is 32.2. The van der Waals surface area contributed by atoms with Gasteiger partial charge in [0.15, 0.2) is 5.84 Å². The monoisotopic (exact) mass is 239 g/mol. The first-order valence-electron chi connectivity index (χ1n) is 5.09. The van der Waals surface area contributed by atoms with Crippen molar-refractivity contribution in [2.24, 2.45) is 10.9 Å². The van der Waals surface area contributed by atoms with Gasteiger partial charge in [0.05, 0.1) is 6.04 Å². The molecule has 88 valence electrons. The lowest BCUT2D eigenvalue weighted by Gasteiger charge is -2.16. The predicted molar refractivity (Wildman–Crippen MR) is 69.3 cm³/mol. The molecule has 0 heterocycles. The molecule has 1 rings (SSSR count). The zero-order valence-electron chi connectivity index (χ0n) is 9.47. The molecular weight excluding hydrogens is 222 g/mol. The van der Waals surface area contributed by atoms with Crippen LogP contribution < -0.4 is 11.1 Å². The Morgan fingerprint density at radius 1 is 1.62 bits per heavy atom. The van der Waals surface area contributed by atoms with Gasteiger partial charge in [-0.1, -0.05) is 18.1 Å². The summed E-state index contributed by atoms with van der Waals surface area (Å²) in [5.74, 6) is 0.206. The van der Waals surface area contributed by atoms with E-state index in [1.54, 1.807) is 11.8 Å². The molecule has 4 N–H and O–H groups in total. The first-order valence-corrected chi connectivity index (χ1v) is 6.31. The van der Waals surface area contributed by atoms with Crippen molar-refractivity contribution in [2.45, 2.75) is 24.3 Å². The molecule has 0 spiro atoms. The zero-order chi connectivity index (χ0) is 12.0. The Hall–Kier alpha value is -1.36. The number of amidine groups is 1. The molecule has 1 unspecified atom stereocenters. The van der Waals surface area contributed by atoms with Crippen LogP contribution in [0.25, 0.3) is 0 Å². The van der Waals surface area contributed by atoms with E-state index >= 15 is 0 Å². The van der Waals surface area contributed by atoms with Crippen LogP contribution in [-0.2, 0) is 0 Å². The van der Waals surface area contributed by atoms with Crippen LogP contribution in [0, 0.1) is 0 Å². The van der Waals surface area contributed by atoms with Crippen molar-refractivity contribution < 1.29 is 5.21 Å². The Labute approximate surface area is 99.9 Å². The fourth-order valence-corrected chi connectivity index (χ4v) is 1.83. The summed E-state index contributed by atoms with van der Waals surface area (Å²) < 4.78 is 0. The van der Waals surface area contributed by atoms with Crippen molar-refractivity contribution in [3.63, 3.8) is 0 Å². The van der Waals surface area contributed by atoms with Crippen molar-refractivity contribution in [3.05, 3.63) is 24.3 Å². The molecule has 1 aromatic rings. The number of nitrogens with two attached hydrogens (primary N) is 1. The van der Waals surface area contributed by atoms with Gasteiger partial charge in [-0.05, 0) is 30.9 Å². The van der Waals surface area contributed by atoms with Crippen LogP contribution in [0.3, 0.4) is 0 Å². The highest BCUT2D eigenvalue weighted by Crippen LogP contribution is 2.19. The minimum absolute atomic E-state index is 0.137. The van der Waals surface area contributed by atoms with Gasteiger partial charge in [0, 0.05) is 10.6 Å². The maximum atomic E-state index is 8.63. The number of hydrogen-bond acceptors (Lipinski definition) is 4. The van der Waals surface area contributed by atoms with Crippen LogP contribution in [0.4, 0.5) is 5.69 Å². The molecular formula is C11H17N3OS. The molecule has 4 nitrogen and oxygen atoms in total. The van der Waals surface area contributed by atoms with E-state index in [2.05, 4.69) is 10.5 Å². The van der Waals surface area contributed by atoms with Crippen LogP contribution >= 0.6 is 11.8 Å². The second-order valence-corrected chi connectivity index (χ2v) is 4.24. The third-order valence-corrected chi connectivity index (χ3v) is 3.02. The zero-order valence-corrected chi connectivity index (χ0v) is 10.3. The first kappa shape index (κ1) is 12.7. The largest absolute Gasteiger partial charge is 0.409 e. The molecule has 0 aliphatic rings. The van der Waals surface area contributed by atoms with Gasteiger partial charge in [-0.15, -0.1) is 11.8 Å². The lowest BCUT2D eigenvalue weighted by atomic mass is 10.2. The normalized spacial score (nSPS) is 13.5. The summed E-state index contributed by atoms with van der Waals surface area (Å²) in [6.45, 7) is 1.98. The summed E-state index contributed by atoms with van der Waals surface area (Å²) in [4.78, 5) is 1.18. The number of nitrogens with zero attached hydrogens (tertiary/aromatic N) is 1. The average molecular weight is 239 g/mol. The Balaban J connectivity index is 2.77. The van der Waals surface area contributed by atoms with Gasteiger partial charge >= 0.3 is 0 Å². The molecule has 0 saturated carbocycles. The minimum Gasteiger partial charge on any atom is -0.409 e. The number of rotatable bonds is 5. The molecule has 1 atom stereocenters. The molecule has 0 aliphatic carbocycles. The number of nitrogens with one attached hydrogen (secondary N) is 1. The molecule has 0 aliphatic heterocycles. The SMILES string of the molecule is CCC(Nc1cccc(SC)c1)C(N)=NO. The van der Waals surface area contributed by atoms with E-state index in [0.29, 0.717) is 0 Å². The molecule has 0 fully saturated rings. The van der Waals surface area contributed by atoms with E-state index in [4.69, 9.17) is 10.9 Å². The summed E-state index contributed by atoms with van der Waals surface area (Å²) in [6.07, 6.45) is 2.79. The van der Waals surface area contributed by atoms with E-state index in [-0.39, 0.29) is 11.9 Å². The van der Waals surface area contributed by atoms with Gasteiger partial charge in [0.2, 0.25) is 0 Å². The summed E-state index contributed by atoms with van der Waals surface area (Å²) in [6, 6.07) is 7.89. The topological polar surface area (TPSA) is 70.6 Å². The third kappa shape index (κ3) is 3.34. The van der Waals surface area contributed by atoms with Crippen molar-refractivity contribution >= 4 is 23.3 Å². The van der Waals surface area contributed by atoms with Gasteiger partial charge in [0.25, 0.3) is 0 Å². The average Bonchev–Trinajstić information content (AvgIpc) is 2.35. The molecule has 5 heteroatoms. The van der Waals surface area contributed by atoms with Crippen molar-refractivity contribution in [3.8, 4) is 0 Å². The number of hydrogen-bond donors (Lipinski definition) is 3. The summed E-state index contributed by atoms with van der Waals surface area (Å²) >= 11 is 1.68. The number of oxime groups is 1. The van der Waals surface area contributed by atoms with E-state index < -0.39 is 0 Å². The van der Waals surface area contributed by atoms with Gasteiger partial charge in [-0.25, -0.2) is 0 Å². The highest BCUT2D eigenvalue weighted by molar-refractivity contribution is 7.98. The van der Waals surface area contributed by atoms with Gasteiger partial charge in [0.1, 0.15) is 0 Å². The summed E-state index contributed by atoms with van der Waals surface area (Å²) in [5, 5.41) is 14.9. The van der Waals surface area contributed by atoms with Gasteiger partial charge in [-0.2, -0.15) is 0 Å². The van der Waals surface area contributed by atoms with Crippen LogP contribution in [-0.4, -0.2) is 23.3 Å². The van der Waals surface area contributed by atoms with Crippen molar-refractivity contribution in [2.75, 3.05) is 11.6 Å². The Kier molecular flexibility index (Phi) is 4.98. The van der Waals surface area contributed by atoms with Crippen LogP contribution in [0.5, 0.6) is 0 Å². The Morgan fingerprint density at radius 2 is 2.38 bits per heavy atom. The molecule has 0 bridgehead atoms. The number of anilines is 1. The second-order valence-electron chi connectivity index (χ2n) is 3.36. The van der Waals surface area contributed by atoms with Crippen LogP contribution in [0.15, 0.2) is 34.3 Å². The minimum atomic E-state index is -0.137. The summed E-state index contributed by atoms with van der Waals surface area (Å²) in [5.41, 5.74) is 6.56. The Morgan fingerprint density at radius 3 is 2.94 bits per heavy atom. The van der Waals surface area contributed by atoms with E-state index in [1.165, 1.54) is 4.90 Å². The molecule has 0 aromatic heterocycles. The van der Waals surface area contributed by atoms with E-state index in [0.717, 1.165) is 12.1 Å². The van der Waals surface area contributed by atoms with Crippen LogP contribution in [0.1, 0.15) is 13.3 Å². The number of thioether (sulfide) groups is 1. The second kappa shape index (κ2) is 6.27. The highest BCUT2D eigenvalue weighted by Gasteiger charge is 2.10. The van der Waals surface area contributed by atoms with Crippen LogP contribution in [0.2, 0.25) is 0 Å². The lowest BCUT2D eigenvalue weighted by Crippen LogP contribution is -2.35. The maximum Gasteiger partial charge on any atom is 0.161 e. The molecule has 1 aromatic carbocycles.